The summed E-state index contributed by atoms with van der Waals surface area (Å²) in [5.41, 5.74) is -0.953. The Balaban J connectivity index is 4.01. The highest BCUT2D eigenvalue weighted by Gasteiger charge is 2.34. The fraction of sp³-hybridized carbons (Fsp3) is 0.889. The first-order valence-electron chi connectivity index (χ1n) is 8.38. The van der Waals surface area contributed by atoms with Crippen LogP contribution in [-0.2, 0) is 9.59 Å². The number of hydrogen-bond donors (Lipinski definition) is 2. The standard InChI is InChI=1S/C18H34O4/c1-17(2,3)12-7-6-9-14(13-19)10-8-11-15(20)18(4,5)16(21)22/h14,19H,6-13H2,1-5H3,(H,21,22). The van der Waals surface area contributed by atoms with Crippen molar-refractivity contribution in [2.45, 2.75) is 79.6 Å². The molecule has 1 atom stereocenters. The molecule has 0 aliphatic heterocycles. The Morgan fingerprint density at radius 1 is 0.955 bits per heavy atom. The first kappa shape index (κ1) is 21.1. The zero-order chi connectivity index (χ0) is 17.4. The summed E-state index contributed by atoms with van der Waals surface area (Å²) in [5, 5.41) is 18.4. The highest BCUT2D eigenvalue weighted by atomic mass is 16.4. The summed E-state index contributed by atoms with van der Waals surface area (Å²) in [5.74, 6) is -1.08. The van der Waals surface area contributed by atoms with Crippen molar-refractivity contribution in [3.8, 4) is 0 Å². The minimum Gasteiger partial charge on any atom is -0.481 e. The first-order chi connectivity index (χ1) is 10.0. The minimum atomic E-state index is -1.30. The third-order valence-electron chi connectivity index (χ3n) is 4.30. The van der Waals surface area contributed by atoms with Crippen molar-refractivity contribution >= 4 is 11.8 Å². The molecule has 0 saturated carbocycles. The number of carbonyl (C=O) groups excluding carboxylic acids is 1. The summed E-state index contributed by atoms with van der Waals surface area (Å²) in [6.07, 6.45) is 6.12. The molecule has 2 N–H and O–H groups in total. The molecule has 0 amide bonds. The number of carboxylic acid groups (broad SMARTS) is 1. The van der Waals surface area contributed by atoms with Gasteiger partial charge in [-0.15, -0.1) is 0 Å². The molecule has 0 saturated heterocycles. The largest absolute Gasteiger partial charge is 0.481 e. The molecular formula is C18H34O4. The Morgan fingerprint density at radius 2 is 1.50 bits per heavy atom. The van der Waals surface area contributed by atoms with E-state index in [-0.39, 0.29) is 24.7 Å². The summed E-state index contributed by atoms with van der Waals surface area (Å²) < 4.78 is 0. The number of aliphatic carboxylic acids is 1. The molecule has 0 aliphatic carbocycles. The number of carbonyl (C=O) groups is 2. The molecule has 0 fully saturated rings. The van der Waals surface area contributed by atoms with Crippen LogP contribution in [0.3, 0.4) is 0 Å². The lowest BCUT2D eigenvalue weighted by molar-refractivity contribution is -0.152. The highest BCUT2D eigenvalue weighted by molar-refractivity contribution is 6.02. The van der Waals surface area contributed by atoms with Gasteiger partial charge in [0.15, 0.2) is 0 Å². The predicted octanol–water partition coefficient (Wildman–Crippen LogP) is 4.05. The molecule has 0 rings (SSSR count). The van der Waals surface area contributed by atoms with Gasteiger partial charge in [0.2, 0.25) is 0 Å². The maximum Gasteiger partial charge on any atom is 0.316 e. The maximum atomic E-state index is 11.9. The van der Waals surface area contributed by atoms with Gasteiger partial charge in [0.05, 0.1) is 0 Å². The lowest BCUT2D eigenvalue weighted by atomic mass is 9.84. The molecule has 0 aromatic heterocycles. The number of carboxylic acids is 1. The van der Waals surface area contributed by atoms with E-state index in [1.807, 2.05) is 0 Å². The summed E-state index contributed by atoms with van der Waals surface area (Å²) >= 11 is 0. The van der Waals surface area contributed by atoms with Crippen LogP contribution in [0.1, 0.15) is 79.6 Å². The molecule has 0 aromatic carbocycles. The van der Waals surface area contributed by atoms with E-state index in [0.717, 1.165) is 25.7 Å². The summed E-state index contributed by atoms with van der Waals surface area (Å²) in [6.45, 7) is 9.73. The number of Topliss-reactive ketones (excluding diaryl/α,β-unsaturated/α-hetero) is 1. The molecule has 4 heteroatoms. The van der Waals surface area contributed by atoms with Crippen LogP contribution in [0.5, 0.6) is 0 Å². The Bertz CT molecular complexity index is 353. The van der Waals surface area contributed by atoms with Gasteiger partial charge in [-0.2, -0.15) is 0 Å². The Labute approximate surface area is 135 Å². The molecule has 0 heterocycles. The number of rotatable bonds is 11. The third kappa shape index (κ3) is 8.52. The lowest BCUT2D eigenvalue weighted by Crippen LogP contribution is -2.33. The van der Waals surface area contributed by atoms with Crippen LogP contribution in [0, 0.1) is 16.7 Å². The zero-order valence-electron chi connectivity index (χ0n) is 14.9. The molecule has 0 aromatic rings. The molecule has 0 bridgehead atoms. The average molecular weight is 314 g/mol. The van der Waals surface area contributed by atoms with Gasteiger partial charge >= 0.3 is 5.97 Å². The topological polar surface area (TPSA) is 74.6 Å². The molecule has 0 radical (unpaired) electrons. The van der Waals surface area contributed by atoms with Crippen LogP contribution in [-0.4, -0.2) is 28.6 Å². The van der Waals surface area contributed by atoms with E-state index in [0.29, 0.717) is 11.8 Å². The Kier molecular flexibility index (Phi) is 8.91. The molecule has 22 heavy (non-hydrogen) atoms. The van der Waals surface area contributed by atoms with Crippen molar-refractivity contribution in [1.29, 1.82) is 0 Å². The molecule has 4 nitrogen and oxygen atoms in total. The van der Waals surface area contributed by atoms with E-state index in [1.54, 1.807) is 0 Å². The van der Waals surface area contributed by atoms with Crippen LogP contribution in [0.15, 0.2) is 0 Å². The van der Waals surface area contributed by atoms with E-state index < -0.39 is 11.4 Å². The number of aliphatic hydroxyl groups is 1. The Hall–Kier alpha value is -0.900. The van der Waals surface area contributed by atoms with Crippen LogP contribution >= 0.6 is 0 Å². The number of aliphatic hydroxyl groups excluding tert-OH is 1. The van der Waals surface area contributed by atoms with Gasteiger partial charge in [0.1, 0.15) is 11.2 Å². The molecular weight excluding hydrogens is 280 g/mol. The van der Waals surface area contributed by atoms with E-state index >= 15 is 0 Å². The van der Waals surface area contributed by atoms with E-state index in [2.05, 4.69) is 20.8 Å². The van der Waals surface area contributed by atoms with Crippen molar-refractivity contribution in [2.75, 3.05) is 6.61 Å². The Morgan fingerprint density at radius 3 is 1.95 bits per heavy atom. The van der Waals surface area contributed by atoms with Gasteiger partial charge in [-0.25, -0.2) is 0 Å². The molecule has 130 valence electrons. The van der Waals surface area contributed by atoms with Gasteiger partial charge in [-0.1, -0.05) is 33.6 Å². The van der Waals surface area contributed by atoms with Crippen LogP contribution in [0.25, 0.3) is 0 Å². The molecule has 0 spiro atoms. The molecule has 0 aliphatic rings. The van der Waals surface area contributed by atoms with Crippen LogP contribution < -0.4 is 0 Å². The SMILES string of the molecule is CC(C)(C)CCCCC(CO)CCCC(=O)C(C)(C)C(=O)O. The monoisotopic (exact) mass is 314 g/mol. The third-order valence-corrected chi connectivity index (χ3v) is 4.30. The average Bonchev–Trinajstić information content (AvgIpc) is 2.39. The predicted molar refractivity (Wildman–Crippen MR) is 88.8 cm³/mol. The van der Waals surface area contributed by atoms with Gasteiger partial charge in [0, 0.05) is 13.0 Å². The van der Waals surface area contributed by atoms with Gasteiger partial charge in [0.25, 0.3) is 0 Å². The van der Waals surface area contributed by atoms with Crippen LogP contribution in [0.4, 0.5) is 0 Å². The van der Waals surface area contributed by atoms with Crippen molar-refractivity contribution in [3.63, 3.8) is 0 Å². The van der Waals surface area contributed by atoms with Crippen molar-refractivity contribution in [2.24, 2.45) is 16.7 Å². The first-order valence-corrected chi connectivity index (χ1v) is 8.38. The summed E-state index contributed by atoms with van der Waals surface area (Å²) in [6, 6.07) is 0. The summed E-state index contributed by atoms with van der Waals surface area (Å²) in [7, 11) is 0. The normalized spacial score (nSPS) is 13.9. The smallest absolute Gasteiger partial charge is 0.316 e. The second-order valence-corrected chi connectivity index (χ2v) is 8.10. The minimum absolute atomic E-state index is 0.145. The van der Waals surface area contributed by atoms with Crippen molar-refractivity contribution in [3.05, 3.63) is 0 Å². The van der Waals surface area contributed by atoms with E-state index in [4.69, 9.17) is 5.11 Å². The van der Waals surface area contributed by atoms with Crippen LogP contribution in [0.2, 0.25) is 0 Å². The van der Waals surface area contributed by atoms with Gasteiger partial charge in [-0.05, 0) is 50.9 Å². The van der Waals surface area contributed by atoms with Crippen molar-refractivity contribution < 1.29 is 19.8 Å². The number of ketones is 1. The lowest BCUT2D eigenvalue weighted by Gasteiger charge is -2.20. The summed E-state index contributed by atoms with van der Waals surface area (Å²) in [4.78, 5) is 22.9. The number of hydrogen-bond acceptors (Lipinski definition) is 3. The van der Waals surface area contributed by atoms with Gasteiger partial charge in [-0.3, -0.25) is 9.59 Å². The second kappa shape index (κ2) is 9.29. The number of unbranched alkanes of at least 4 members (excludes halogenated alkanes) is 1. The highest BCUT2D eigenvalue weighted by Crippen LogP contribution is 2.25. The van der Waals surface area contributed by atoms with Crippen molar-refractivity contribution in [1.82, 2.24) is 0 Å². The van der Waals surface area contributed by atoms with E-state index in [9.17, 15) is 14.7 Å². The molecule has 1 unspecified atom stereocenters. The quantitative estimate of drug-likeness (QED) is 0.445. The van der Waals surface area contributed by atoms with E-state index in [1.165, 1.54) is 20.3 Å². The maximum absolute atomic E-state index is 11.9. The fourth-order valence-electron chi connectivity index (χ4n) is 2.40. The fourth-order valence-corrected chi connectivity index (χ4v) is 2.40. The zero-order valence-corrected chi connectivity index (χ0v) is 14.9. The second-order valence-electron chi connectivity index (χ2n) is 8.10. The van der Waals surface area contributed by atoms with Gasteiger partial charge < -0.3 is 10.2 Å².